The molecule has 0 spiro atoms. The molecule has 0 amide bonds. The van der Waals surface area contributed by atoms with Crippen LogP contribution in [-0.4, -0.2) is 49.0 Å². The maximum Gasteiger partial charge on any atom is 0.164 e. The lowest BCUT2D eigenvalue weighted by atomic mass is 10.0. The highest BCUT2D eigenvalue weighted by molar-refractivity contribution is 6.24. The van der Waals surface area contributed by atoms with Crippen LogP contribution in [0.2, 0.25) is 0 Å². The number of hydrogen-bond donors (Lipinski definition) is 0. The van der Waals surface area contributed by atoms with Gasteiger partial charge in [-0.05, 0) is 96.1 Å². The van der Waals surface area contributed by atoms with Gasteiger partial charge in [0.25, 0.3) is 0 Å². The summed E-state index contributed by atoms with van der Waals surface area (Å²) in [7, 11) is 0. The van der Waals surface area contributed by atoms with Crippen molar-refractivity contribution in [2.24, 2.45) is 0 Å². The van der Waals surface area contributed by atoms with Crippen molar-refractivity contribution < 1.29 is 0 Å². The van der Waals surface area contributed by atoms with Gasteiger partial charge in [-0.2, -0.15) is 10.5 Å². The van der Waals surface area contributed by atoms with E-state index in [1.54, 1.807) is 24.3 Å². The number of pyridine rings is 2. The van der Waals surface area contributed by atoms with Gasteiger partial charge in [-0.15, -0.1) is 0 Å². The monoisotopic (exact) mass is 1330 g/mol. The lowest BCUT2D eigenvalue weighted by Gasteiger charge is -2.12. The number of rotatable bonds is 11. The van der Waals surface area contributed by atoms with Gasteiger partial charge in [0.15, 0.2) is 34.9 Å². The van der Waals surface area contributed by atoms with E-state index in [4.69, 9.17) is 39.9 Å². The third kappa shape index (κ3) is 11.3. The Morgan fingerprint density at radius 3 is 0.933 bits per heavy atom. The first-order valence-electron chi connectivity index (χ1n) is 34.2. The van der Waals surface area contributed by atoms with Crippen LogP contribution in [0.1, 0.15) is 11.1 Å². The fraction of sp³-hybridized carbons (Fsp3) is 0. The van der Waals surface area contributed by atoms with Crippen LogP contribution in [0.25, 0.3) is 179 Å². The van der Waals surface area contributed by atoms with E-state index in [9.17, 15) is 10.5 Å². The van der Waals surface area contributed by atoms with Gasteiger partial charge >= 0.3 is 0 Å². The van der Waals surface area contributed by atoms with Crippen LogP contribution < -0.4 is 0 Å². The Morgan fingerprint density at radius 1 is 0.221 bits per heavy atom. The van der Waals surface area contributed by atoms with E-state index in [1.807, 2.05) is 103 Å². The predicted octanol–water partition coefficient (Wildman–Crippen LogP) is 21.8. The summed E-state index contributed by atoms with van der Waals surface area (Å²) in [5, 5.41) is 25.6. The minimum Gasteiger partial charge on any atom is -0.308 e. The van der Waals surface area contributed by atoms with E-state index < -0.39 is 0 Å². The molecule has 0 saturated heterocycles. The number of hydrogen-bond acceptors (Lipinski definition) is 10. The van der Waals surface area contributed by atoms with Crippen LogP contribution in [0.3, 0.4) is 0 Å². The number of fused-ring (bicyclic) bond motifs is 10. The van der Waals surface area contributed by atoms with Gasteiger partial charge < -0.3 is 9.13 Å². The molecule has 19 rings (SSSR count). The molecule has 0 aliphatic heterocycles. The molecule has 12 nitrogen and oxygen atoms in total. The van der Waals surface area contributed by atoms with Crippen LogP contribution in [-0.2, 0) is 0 Å². The number of nitrogens with zero attached hydrogens (tertiary/aromatic N) is 12. The maximum atomic E-state index is 9.53. The summed E-state index contributed by atoms with van der Waals surface area (Å²) in [4.78, 5) is 40.1. The van der Waals surface area contributed by atoms with Crippen LogP contribution in [0.15, 0.2) is 340 Å². The molecule has 0 bridgehead atoms. The molecule has 13 aromatic carbocycles. The van der Waals surface area contributed by atoms with Crippen LogP contribution in [0, 0.1) is 22.7 Å². The minimum absolute atomic E-state index is 0.511. The number of nitriles is 2. The Balaban J connectivity index is 0.000000149. The van der Waals surface area contributed by atoms with Gasteiger partial charge in [0.2, 0.25) is 0 Å². The Hall–Kier alpha value is -14.7. The van der Waals surface area contributed by atoms with Crippen molar-refractivity contribution in [3.05, 3.63) is 351 Å². The Morgan fingerprint density at radius 2 is 0.519 bits per heavy atom. The first-order chi connectivity index (χ1) is 51.5. The van der Waals surface area contributed by atoms with Crippen molar-refractivity contribution in [1.29, 1.82) is 10.5 Å². The molecule has 0 saturated carbocycles. The summed E-state index contributed by atoms with van der Waals surface area (Å²) in [5.41, 5.74) is 20.8. The molecular weight excluding hydrogens is 1270 g/mol. The zero-order chi connectivity index (χ0) is 69.5. The molecule has 0 N–H and O–H groups in total. The Bertz CT molecular complexity index is 6570. The zero-order valence-electron chi connectivity index (χ0n) is 55.7. The number of aromatic nitrogens is 10. The second-order valence-corrected chi connectivity index (χ2v) is 25.2. The first kappa shape index (κ1) is 61.6. The molecule has 0 radical (unpaired) electrons. The van der Waals surface area contributed by atoms with Crippen molar-refractivity contribution >= 4 is 65.4 Å². The van der Waals surface area contributed by atoms with Crippen LogP contribution in [0.4, 0.5) is 0 Å². The van der Waals surface area contributed by atoms with Gasteiger partial charge in [0.05, 0.1) is 67.8 Å². The summed E-state index contributed by atoms with van der Waals surface area (Å²) in [5.74, 6) is 3.29. The highest BCUT2D eigenvalue weighted by Crippen LogP contribution is 2.44. The maximum absolute atomic E-state index is 9.53. The standard InChI is InChI=1S/C49H30N6.C43H26N6/c50-31-32-19-21-36(22-20-32)47-52-48(37-27-23-34(24-28-37)33-11-3-1-4-12-33)54-49(53-47)38-29-25-35(26-30-38)45-44-41-16-8-10-18-43(41)55(39-13-5-2-6-14-39)46(44)40-15-7-9-17-42(40)51-45;44-27-28-12-11-15-32(26-28)43-47-41(30-13-3-1-4-14-30)46-42(48-43)31-24-22-29(23-25-31)39-38-35-19-8-10-21-37(35)49(33-16-5-2-6-17-33)40(38)34-18-7-9-20-36(34)45-39/h1-30H;1-26H. The molecule has 0 fully saturated rings. The second kappa shape index (κ2) is 26.5. The molecule has 104 heavy (non-hydrogen) atoms. The van der Waals surface area contributed by atoms with E-state index in [0.29, 0.717) is 46.1 Å². The van der Waals surface area contributed by atoms with Gasteiger partial charge in [-0.25, -0.2) is 39.9 Å². The average molecular weight is 1330 g/mol. The Labute approximate surface area is 597 Å². The molecule has 19 aromatic rings. The quantitative estimate of drug-likeness (QED) is 0.122. The highest BCUT2D eigenvalue weighted by Gasteiger charge is 2.24. The molecule has 0 aliphatic rings. The van der Waals surface area contributed by atoms with E-state index >= 15 is 0 Å². The van der Waals surface area contributed by atoms with Crippen LogP contribution in [0.5, 0.6) is 0 Å². The van der Waals surface area contributed by atoms with E-state index in [0.717, 1.165) is 144 Å². The average Bonchev–Trinajstić information content (AvgIpc) is 1.56. The third-order valence-electron chi connectivity index (χ3n) is 18.9. The molecule has 6 heterocycles. The number of para-hydroxylation sites is 6. The lowest BCUT2D eigenvalue weighted by molar-refractivity contribution is 1.07. The van der Waals surface area contributed by atoms with Crippen molar-refractivity contribution in [2.45, 2.75) is 0 Å². The molecule has 6 aromatic heterocycles. The second-order valence-electron chi connectivity index (χ2n) is 25.2. The third-order valence-corrected chi connectivity index (χ3v) is 18.9. The smallest absolute Gasteiger partial charge is 0.164 e. The fourth-order valence-electron chi connectivity index (χ4n) is 14.0. The number of benzene rings is 13. The summed E-state index contributed by atoms with van der Waals surface area (Å²) < 4.78 is 4.71. The van der Waals surface area contributed by atoms with Crippen molar-refractivity contribution in [1.82, 2.24) is 49.0 Å². The minimum atomic E-state index is 0.511. The normalized spacial score (nSPS) is 11.2. The topological polar surface area (TPSA) is 161 Å². The summed E-state index contributed by atoms with van der Waals surface area (Å²) in [6.07, 6.45) is 0. The SMILES string of the molecule is N#Cc1ccc(-c2nc(-c3ccc(-c4ccccc4)cc3)nc(-c3ccc(-c4nc5ccccc5c5c4c4ccccc4n5-c4ccccc4)cc3)n2)cc1.N#Cc1cccc(-c2nc(-c3ccccc3)nc(-c3ccc(-c4nc5ccccc5c5c4c4ccccc4n5-c4ccccc4)cc3)n2)c1. The Kier molecular flexibility index (Phi) is 15.7. The van der Waals surface area contributed by atoms with E-state index in [2.05, 4.69) is 234 Å². The molecule has 484 valence electrons. The predicted molar refractivity (Wildman–Crippen MR) is 417 cm³/mol. The van der Waals surface area contributed by atoms with E-state index in [-0.39, 0.29) is 0 Å². The molecular formula is C92H56N12. The van der Waals surface area contributed by atoms with Gasteiger partial charge in [0.1, 0.15) is 0 Å². The fourth-order valence-corrected chi connectivity index (χ4v) is 14.0. The van der Waals surface area contributed by atoms with Crippen LogP contribution >= 0.6 is 0 Å². The molecule has 0 atom stereocenters. The summed E-state index contributed by atoms with van der Waals surface area (Å²) in [6, 6.07) is 119. The van der Waals surface area contributed by atoms with Crippen molar-refractivity contribution in [3.8, 4) is 125 Å². The zero-order valence-corrected chi connectivity index (χ0v) is 55.7. The van der Waals surface area contributed by atoms with Gasteiger partial charge in [0, 0.05) is 88.2 Å². The molecule has 12 heteroatoms. The van der Waals surface area contributed by atoms with Crippen molar-refractivity contribution in [2.75, 3.05) is 0 Å². The summed E-state index contributed by atoms with van der Waals surface area (Å²) in [6.45, 7) is 0. The molecule has 0 aliphatic carbocycles. The van der Waals surface area contributed by atoms with Gasteiger partial charge in [-0.3, -0.25) is 0 Å². The van der Waals surface area contributed by atoms with Crippen molar-refractivity contribution in [3.63, 3.8) is 0 Å². The molecule has 0 unspecified atom stereocenters. The summed E-state index contributed by atoms with van der Waals surface area (Å²) >= 11 is 0. The largest absolute Gasteiger partial charge is 0.308 e. The van der Waals surface area contributed by atoms with E-state index in [1.165, 1.54) is 0 Å². The van der Waals surface area contributed by atoms with Gasteiger partial charge in [-0.1, -0.05) is 255 Å². The highest BCUT2D eigenvalue weighted by atomic mass is 15.0. The lowest BCUT2D eigenvalue weighted by Crippen LogP contribution is -2.00. The first-order valence-corrected chi connectivity index (χ1v) is 34.2.